The number of morpholine rings is 1. The van der Waals surface area contributed by atoms with Crippen molar-refractivity contribution in [1.29, 1.82) is 0 Å². The Labute approximate surface area is 182 Å². The number of aliphatic imine (C=N–C) groups is 1. The Morgan fingerprint density at radius 2 is 1.77 bits per heavy atom. The highest BCUT2D eigenvalue weighted by Gasteiger charge is 2.23. The van der Waals surface area contributed by atoms with E-state index in [-0.39, 0.29) is 6.04 Å². The number of nitrogens with one attached hydrogen (secondary N) is 2. The minimum absolute atomic E-state index is 0.144. The molecule has 0 amide bonds. The van der Waals surface area contributed by atoms with Crippen molar-refractivity contribution in [1.82, 2.24) is 15.5 Å². The van der Waals surface area contributed by atoms with Crippen LogP contribution < -0.4 is 15.4 Å². The van der Waals surface area contributed by atoms with Crippen molar-refractivity contribution in [2.45, 2.75) is 12.5 Å². The Morgan fingerprint density at radius 1 is 1.10 bits per heavy atom. The second kappa shape index (κ2) is 11.6. The maximum Gasteiger partial charge on any atom is 0.191 e. The van der Waals surface area contributed by atoms with Crippen LogP contribution in [-0.4, -0.2) is 64.4 Å². The van der Waals surface area contributed by atoms with Gasteiger partial charge in [0.1, 0.15) is 17.4 Å². The smallest absolute Gasteiger partial charge is 0.191 e. The molecule has 0 spiro atoms. The molecule has 8 heteroatoms. The first-order valence-electron chi connectivity index (χ1n) is 10.4. The lowest BCUT2D eigenvalue weighted by Gasteiger charge is -2.35. The number of ether oxygens (including phenoxy) is 2. The van der Waals surface area contributed by atoms with E-state index in [0.29, 0.717) is 44.2 Å². The van der Waals surface area contributed by atoms with Gasteiger partial charge in [0.05, 0.1) is 26.4 Å². The van der Waals surface area contributed by atoms with Crippen molar-refractivity contribution in [2.24, 2.45) is 4.99 Å². The molecule has 1 aliphatic heterocycles. The first-order valence-corrected chi connectivity index (χ1v) is 10.4. The summed E-state index contributed by atoms with van der Waals surface area (Å²) in [7, 11) is 3.36. The van der Waals surface area contributed by atoms with Gasteiger partial charge in [0.2, 0.25) is 0 Å². The summed E-state index contributed by atoms with van der Waals surface area (Å²) in [6.07, 6.45) is 0.487. The maximum absolute atomic E-state index is 13.4. The number of halogens is 2. The quantitative estimate of drug-likeness (QED) is 0.496. The van der Waals surface area contributed by atoms with Crippen LogP contribution >= 0.6 is 0 Å². The summed E-state index contributed by atoms with van der Waals surface area (Å²) in [5.74, 6) is 0.336. The topological polar surface area (TPSA) is 58.1 Å². The number of hydrogen-bond acceptors (Lipinski definition) is 4. The largest absolute Gasteiger partial charge is 0.497 e. The summed E-state index contributed by atoms with van der Waals surface area (Å²) in [6.45, 7) is 4.30. The highest BCUT2D eigenvalue weighted by Crippen LogP contribution is 2.23. The molecule has 1 fully saturated rings. The molecule has 1 saturated heterocycles. The third kappa shape index (κ3) is 6.90. The van der Waals surface area contributed by atoms with Gasteiger partial charge >= 0.3 is 0 Å². The zero-order valence-electron chi connectivity index (χ0n) is 18.0. The summed E-state index contributed by atoms with van der Waals surface area (Å²) in [5, 5.41) is 6.60. The predicted molar refractivity (Wildman–Crippen MR) is 118 cm³/mol. The lowest BCUT2D eigenvalue weighted by atomic mass is 10.0. The second-order valence-corrected chi connectivity index (χ2v) is 7.34. The van der Waals surface area contributed by atoms with E-state index >= 15 is 0 Å². The average molecular weight is 433 g/mol. The maximum atomic E-state index is 13.4. The number of nitrogens with zero attached hydrogens (tertiary/aromatic N) is 2. The molecule has 0 bridgehead atoms. The van der Waals surface area contributed by atoms with Crippen molar-refractivity contribution in [3.8, 4) is 5.75 Å². The molecular weight excluding hydrogens is 402 g/mol. The van der Waals surface area contributed by atoms with Gasteiger partial charge in [0.15, 0.2) is 5.96 Å². The molecule has 6 nitrogen and oxygen atoms in total. The molecule has 0 saturated carbocycles. The van der Waals surface area contributed by atoms with Gasteiger partial charge in [-0.15, -0.1) is 0 Å². The Kier molecular flexibility index (Phi) is 8.61. The van der Waals surface area contributed by atoms with E-state index in [1.54, 1.807) is 14.2 Å². The Hall–Kier alpha value is -2.71. The van der Waals surface area contributed by atoms with Crippen LogP contribution in [0.5, 0.6) is 5.75 Å². The van der Waals surface area contributed by atoms with Crippen molar-refractivity contribution in [2.75, 3.05) is 53.6 Å². The molecule has 1 heterocycles. The summed E-state index contributed by atoms with van der Waals surface area (Å²) >= 11 is 0. The molecule has 31 heavy (non-hydrogen) atoms. The monoisotopic (exact) mass is 432 g/mol. The first kappa shape index (κ1) is 23.0. The van der Waals surface area contributed by atoms with Gasteiger partial charge in [0, 0.05) is 39.3 Å². The molecule has 1 unspecified atom stereocenters. The minimum Gasteiger partial charge on any atom is -0.497 e. The van der Waals surface area contributed by atoms with Crippen molar-refractivity contribution in [3.63, 3.8) is 0 Å². The first-order chi connectivity index (χ1) is 15.1. The van der Waals surface area contributed by atoms with Crippen molar-refractivity contribution >= 4 is 5.96 Å². The Morgan fingerprint density at radius 3 is 2.39 bits per heavy atom. The van der Waals surface area contributed by atoms with Crippen LogP contribution in [0.25, 0.3) is 0 Å². The SMILES string of the molecule is CN=C(NCCc1cc(F)cc(F)c1)NCC(c1ccc(OC)cc1)N1CCOCC1. The molecule has 2 aromatic carbocycles. The van der Waals surface area contributed by atoms with Gasteiger partial charge < -0.3 is 20.1 Å². The van der Waals surface area contributed by atoms with E-state index in [1.165, 1.54) is 17.7 Å². The highest BCUT2D eigenvalue weighted by molar-refractivity contribution is 5.79. The molecule has 2 aromatic rings. The van der Waals surface area contributed by atoms with Crippen LogP contribution in [0.4, 0.5) is 8.78 Å². The number of hydrogen-bond donors (Lipinski definition) is 2. The molecule has 2 N–H and O–H groups in total. The van der Waals surface area contributed by atoms with E-state index in [4.69, 9.17) is 9.47 Å². The van der Waals surface area contributed by atoms with Crippen LogP contribution in [-0.2, 0) is 11.2 Å². The molecule has 1 atom stereocenters. The molecule has 1 aliphatic rings. The lowest BCUT2D eigenvalue weighted by molar-refractivity contribution is 0.0170. The number of guanidine groups is 1. The third-order valence-electron chi connectivity index (χ3n) is 5.30. The summed E-state index contributed by atoms with van der Waals surface area (Å²) in [4.78, 5) is 6.67. The summed E-state index contributed by atoms with van der Waals surface area (Å²) in [6, 6.07) is 11.8. The highest BCUT2D eigenvalue weighted by atomic mass is 19.1. The van der Waals surface area contributed by atoms with Gasteiger partial charge in [0.25, 0.3) is 0 Å². The lowest BCUT2D eigenvalue weighted by Crippen LogP contribution is -2.46. The van der Waals surface area contributed by atoms with Gasteiger partial charge in [-0.2, -0.15) is 0 Å². The van der Waals surface area contributed by atoms with Crippen LogP contribution in [0.15, 0.2) is 47.5 Å². The van der Waals surface area contributed by atoms with Crippen LogP contribution in [0.2, 0.25) is 0 Å². The Bertz CT molecular complexity index is 835. The number of rotatable bonds is 8. The third-order valence-corrected chi connectivity index (χ3v) is 5.30. The molecule has 0 aromatic heterocycles. The summed E-state index contributed by atoms with van der Waals surface area (Å²) < 4.78 is 37.5. The second-order valence-electron chi connectivity index (χ2n) is 7.34. The number of methoxy groups -OCH3 is 1. The van der Waals surface area contributed by atoms with Gasteiger partial charge in [-0.05, 0) is 41.8 Å². The fraction of sp³-hybridized carbons (Fsp3) is 0.435. The number of benzene rings is 2. The van der Waals surface area contributed by atoms with E-state index in [0.717, 1.165) is 24.9 Å². The fourth-order valence-electron chi connectivity index (χ4n) is 3.67. The minimum atomic E-state index is -0.564. The van der Waals surface area contributed by atoms with Crippen LogP contribution in [0.1, 0.15) is 17.2 Å². The zero-order valence-corrected chi connectivity index (χ0v) is 18.0. The molecular formula is C23H30F2N4O2. The van der Waals surface area contributed by atoms with Crippen LogP contribution in [0, 0.1) is 11.6 Å². The van der Waals surface area contributed by atoms with Crippen LogP contribution in [0.3, 0.4) is 0 Å². The van der Waals surface area contributed by atoms with Gasteiger partial charge in [-0.3, -0.25) is 9.89 Å². The van der Waals surface area contributed by atoms with E-state index < -0.39 is 11.6 Å². The van der Waals surface area contributed by atoms with E-state index in [2.05, 4.69) is 32.7 Å². The standard InChI is InChI=1S/C23H30F2N4O2/c1-26-23(27-8-7-17-13-19(24)15-20(25)14-17)28-16-22(29-9-11-31-12-10-29)18-3-5-21(30-2)6-4-18/h3-6,13-15,22H,7-12,16H2,1-2H3,(H2,26,27,28). The molecule has 0 radical (unpaired) electrons. The predicted octanol–water partition coefficient (Wildman–Crippen LogP) is 2.75. The Balaban J connectivity index is 1.58. The van der Waals surface area contributed by atoms with Gasteiger partial charge in [-0.1, -0.05) is 12.1 Å². The average Bonchev–Trinajstić information content (AvgIpc) is 2.78. The normalized spacial score (nSPS) is 16.1. The van der Waals surface area contributed by atoms with E-state index in [1.807, 2.05) is 12.1 Å². The molecule has 3 rings (SSSR count). The fourth-order valence-corrected chi connectivity index (χ4v) is 3.67. The zero-order chi connectivity index (χ0) is 22.1. The summed E-state index contributed by atoms with van der Waals surface area (Å²) in [5.41, 5.74) is 1.78. The molecule has 168 valence electrons. The van der Waals surface area contributed by atoms with Crippen molar-refractivity contribution < 1.29 is 18.3 Å². The van der Waals surface area contributed by atoms with Crippen molar-refractivity contribution in [3.05, 3.63) is 65.2 Å². The molecule has 0 aliphatic carbocycles. The van der Waals surface area contributed by atoms with Gasteiger partial charge in [-0.25, -0.2) is 8.78 Å². The van der Waals surface area contributed by atoms with E-state index in [9.17, 15) is 8.78 Å².